The molecular weight excluding hydrogens is 262 g/mol. The molecule has 19 heavy (non-hydrogen) atoms. The number of carbonyl (C=O) groups is 1. The summed E-state index contributed by atoms with van der Waals surface area (Å²) in [6.07, 6.45) is 1.31. The first-order chi connectivity index (χ1) is 8.90. The summed E-state index contributed by atoms with van der Waals surface area (Å²) in [4.78, 5) is 14.0. The fourth-order valence-corrected chi connectivity index (χ4v) is 1.79. The van der Waals surface area contributed by atoms with Gasteiger partial charge in [0.2, 0.25) is 5.91 Å². The summed E-state index contributed by atoms with van der Waals surface area (Å²) in [6, 6.07) is 5.55. The van der Waals surface area contributed by atoms with Crippen molar-refractivity contribution >= 4 is 28.9 Å². The lowest BCUT2D eigenvalue weighted by molar-refractivity contribution is -0.116. The van der Waals surface area contributed by atoms with Gasteiger partial charge in [0.1, 0.15) is 0 Å². The summed E-state index contributed by atoms with van der Waals surface area (Å²) in [5.74, 6) is -0.0221. The molecule has 1 rings (SSSR count). The Morgan fingerprint density at radius 2 is 2.16 bits per heavy atom. The molecule has 3 N–H and O–H groups in total. The zero-order valence-corrected chi connectivity index (χ0v) is 12.5. The fourth-order valence-electron chi connectivity index (χ4n) is 1.61. The lowest BCUT2D eigenvalue weighted by atomic mass is 10.2. The Hall–Kier alpha value is -1.26. The van der Waals surface area contributed by atoms with Crippen molar-refractivity contribution in [3.05, 3.63) is 23.2 Å². The second kappa shape index (κ2) is 7.36. The summed E-state index contributed by atoms with van der Waals surface area (Å²) in [5.41, 5.74) is 6.88. The van der Waals surface area contributed by atoms with Crippen molar-refractivity contribution in [3.63, 3.8) is 0 Å². The lowest BCUT2D eigenvalue weighted by Gasteiger charge is -2.20. The third-order valence-corrected chi connectivity index (χ3v) is 3.32. The molecule has 5 heteroatoms. The third kappa shape index (κ3) is 5.49. The highest BCUT2D eigenvalue weighted by molar-refractivity contribution is 6.31. The Balaban J connectivity index is 2.39. The molecule has 0 spiro atoms. The van der Waals surface area contributed by atoms with Crippen LogP contribution >= 0.6 is 11.6 Å². The molecule has 0 aromatic heterocycles. The molecule has 0 fully saturated rings. The summed E-state index contributed by atoms with van der Waals surface area (Å²) >= 11 is 5.80. The van der Waals surface area contributed by atoms with Crippen molar-refractivity contribution in [2.24, 2.45) is 0 Å². The largest absolute Gasteiger partial charge is 0.397 e. The molecule has 106 valence electrons. The predicted octanol–water partition coefficient (Wildman–Crippen LogP) is 2.98. The van der Waals surface area contributed by atoms with Crippen LogP contribution in [0.4, 0.5) is 11.4 Å². The molecule has 4 nitrogen and oxygen atoms in total. The Labute approximate surface area is 119 Å². The van der Waals surface area contributed by atoms with Crippen LogP contribution in [-0.2, 0) is 4.79 Å². The van der Waals surface area contributed by atoms with Crippen LogP contribution in [0.25, 0.3) is 0 Å². The minimum atomic E-state index is -0.0221. The van der Waals surface area contributed by atoms with Crippen molar-refractivity contribution in [2.45, 2.75) is 32.7 Å². The quantitative estimate of drug-likeness (QED) is 0.789. The van der Waals surface area contributed by atoms with Crippen molar-refractivity contribution in [2.75, 3.05) is 24.6 Å². The van der Waals surface area contributed by atoms with Crippen molar-refractivity contribution in [1.29, 1.82) is 0 Å². The van der Waals surface area contributed by atoms with Crippen LogP contribution in [0.5, 0.6) is 0 Å². The second-order valence-corrected chi connectivity index (χ2v) is 5.39. The van der Waals surface area contributed by atoms with Crippen molar-refractivity contribution in [3.8, 4) is 0 Å². The van der Waals surface area contributed by atoms with E-state index in [4.69, 9.17) is 17.3 Å². The van der Waals surface area contributed by atoms with Gasteiger partial charge < -0.3 is 16.0 Å². The molecule has 1 aromatic rings. The van der Waals surface area contributed by atoms with Gasteiger partial charge in [-0.3, -0.25) is 4.79 Å². The zero-order valence-electron chi connectivity index (χ0n) is 11.7. The molecule has 0 aliphatic rings. The fraction of sp³-hybridized carbons (Fsp3) is 0.500. The Morgan fingerprint density at radius 1 is 1.47 bits per heavy atom. The monoisotopic (exact) mass is 283 g/mol. The first kappa shape index (κ1) is 15.8. The molecule has 0 saturated carbocycles. The van der Waals surface area contributed by atoms with Crippen LogP contribution in [0.2, 0.25) is 5.02 Å². The number of hydrogen-bond donors (Lipinski definition) is 2. The van der Waals surface area contributed by atoms with Crippen LogP contribution in [0, 0.1) is 0 Å². The molecule has 0 aliphatic carbocycles. The second-order valence-electron chi connectivity index (χ2n) is 4.96. The molecular formula is C14H22ClN3O. The number of amides is 1. The highest BCUT2D eigenvalue weighted by Crippen LogP contribution is 2.22. The number of nitrogens with zero attached hydrogens (tertiary/aromatic N) is 1. The van der Waals surface area contributed by atoms with Crippen LogP contribution in [0.1, 0.15) is 26.7 Å². The van der Waals surface area contributed by atoms with E-state index in [1.54, 1.807) is 18.2 Å². The Bertz CT molecular complexity index is 435. The number of hydrogen-bond acceptors (Lipinski definition) is 3. The van der Waals surface area contributed by atoms with Crippen molar-refractivity contribution < 1.29 is 4.79 Å². The summed E-state index contributed by atoms with van der Waals surface area (Å²) < 4.78 is 0. The van der Waals surface area contributed by atoms with Gasteiger partial charge >= 0.3 is 0 Å². The molecule has 0 heterocycles. The third-order valence-electron chi connectivity index (χ3n) is 3.08. The van der Waals surface area contributed by atoms with Crippen LogP contribution in [0.3, 0.4) is 0 Å². The van der Waals surface area contributed by atoms with E-state index in [0.29, 0.717) is 28.9 Å². The topological polar surface area (TPSA) is 58.4 Å². The van der Waals surface area contributed by atoms with E-state index in [0.717, 1.165) is 13.0 Å². The summed E-state index contributed by atoms with van der Waals surface area (Å²) in [7, 11) is 2.06. The average molecular weight is 284 g/mol. The van der Waals surface area contributed by atoms with Gasteiger partial charge in [-0.25, -0.2) is 0 Å². The molecule has 0 saturated heterocycles. The van der Waals surface area contributed by atoms with Crippen LogP contribution in [-0.4, -0.2) is 30.4 Å². The number of benzene rings is 1. The minimum absolute atomic E-state index is 0.0221. The summed E-state index contributed by atoms with van der Waals surface area (Å²) in [5, 5.41) is 3.36. The SMILES string of the molecule is CC(C)N(C)CCCC(=O)Nc1ccc(Cl)cc1N. The van der Waals surface area contributed by atoms with Gasteiger partial charge in [0.05, 0.1) is 11.4 Å². The number of nitrogens with one attached hydrogen (secondary N) is 1. The Kier molecular flexibility index (Phi) is 6.12. The molecule has 1 amide bonds. The van der Waals surface area contributed by atoms with Gasteiger partial charge in [-0.05, 0) is 52.1 Å². The highest BCUT2D eigenvalue weighted by Gasteiger charge is 2.07. The maximum atomic E-state index is 11.8. The van der Waals surface area contributed by atoms with E-state index in [1.807, 2.05) is 0 Å². The number of rotatable bonds is 6. The van der Waals surface area contributed by atoms with Gasteiger partial charge in [0, 0.05) is 17.5 Å². The molecule has 0 atom stereocenters. The van der Waals surface area contributed by atoms with E-state index in [-0.39, 0.29) is 5.91 Å². The van der Waals surface area contributed by atoms with Gasteiger partial charge in [-0.15, -0.1) is 0 Å². The number of halogens is 1. The maximum Gasteiger partial charge on any atom is 0.224 e. The summed E-state index contributed by atoms with van der Waals surface area (Å²) in [6.45, 7) is 5.17. The molecule has 0 aliphatic heterocycles. The van der Waals surface area contributed by atoms with E-state index >= 15 is 0 Å². The number of nitrogens with two attached hydrogens (primary N) is 1. The number of nitrogen functional groups attached to an aromatic ring is 1. The van der Waals surface area contributed by atoms with E-state index in [1.165, 1.54) is 0 Å². The normalized spacial score (nSPS) is 11.1. The lowest BCUT2D eigenvalue weighted by Crippen LogP contribution is -2.28. The van der Waals surface area contributed by atoms with E-state index < -0.39 is 0 Å². The van der Waals surface area contributed by atoms with E-state index in [9.17, 15) is 4.79 Å². The van der Waals surface area contributed by atoms with Crippen LogP contribution in [0.15, 0.2) is 18.2 Å². The minimum Gasteiger partial charge on any atom is -0.397 e. The molecule has 1 aromatic carbocycles. The van der Waals surface area contributed by atoms with E-state index in [2.05, 4.69) is 31.1 Å². The number of carbonyl (C=O) groups excluding carboxylic acids is 1. The first-order valence-electron chi connectivity index (χ1n) is 6.45. The smallest absolute Gasteiger partial charge is 0.224 e. The maximum absolute atomic E-state index is 11.8. The van der Waals surface area contributed by atoms with Gasteiger partial charge in [0.25, 0.3) is 0 Å². The van der Waals surface area contributed by atoms with Crippen LogP contribution < -0.4 is 11.1 Å². The molecule has 0 unspecified atom stereocenters. The number of anilines is 2. The standard InChI is InChI=1S/C14H22ClN3O/c1-10(2)18(3)8-4-5-14(19)17-13-7-6-11(15)9-12(13)16/h6-7,9-10H,4-5,8,16H2,1-3H3,(H,17,19). The molecule has 0 bridgehead atoms. The first-order valence-corrected chi connectivity index (χ1v) is 6.83. The van der Waals surface area contributed by atoms with Crippen molar-refractivity contribution in [1.82, 2.24) is 4.90 Å². The zero-order chi connectivity index (χ0) is 14.4. The van der Waals surface area contributed by atoms with Gasteiger partial charge in [-0.2, -0.15) is 0 Å². The highest BCUT2D eigenvalue weighted by atomic mass is 35.5. The average Bonchev–Trinajstić information content (AvgIpc) is 2.32. The molecule has 0 radical (unpaired) electrons. The predicted molar refractivity (Wildman–Crippen MR) is 81.5 cm³/mol. The Morgan fingerprint density at radius 3 is 2.74 bits per heavy atom. The van der Waals surface area contributed by atoms with Gasteiger partial charge in [-0.1, -0.05) is 11.6 Å². The van der Waals surface area contributed by atoms with Gasteiger partial charge in [0.15, 0.2) is 0 Å².